The van der Waals surface area contributed by atoms with Gasteiger partial charge in [-0.3, -0.25) is 34.1 Å². The highest BCUT2D eigenvalue weighted by molar-refractivity contribution is 7.90. The number of piperidine rings is 1. The molecule has 63 heavy (non-hydrogen) atoms. The lowest BCUT2D eigenvalue weighted by molar-refractivity contribution is -0.136. The third kappa shape index (κ3) is 8.28. The van der Waals surface area contributed by atoms with Crippen LogP contribution in [0.4, 0.5) is 24.5 Å². The van der Waals surface area contributed by atoms with E-state index < -0.39 is 69.6 Å². The summed E-state index contributed by atoms with van der Waals surface area (Å²) in [5, 5.41) is 13.7. The summed E-state index contributed by atoms with van der Waals surface area (Å²) in [5.41, 5.74) is 3.02. The number of fused-ring (bicyclic) bond motifs is 2. The van der Waals surface area contributed by atoms with Crippen LogP contribution in [0, 0.1) is 11.6 Å². The van der Waals surface area contributed by atoms with E-state index in [0.717, 1.165) is 59.4 Å². The van der Waals surface area contributed by atoms with E-state index in [2.05, 4.69) is 25.1 Å². The molecule has 3 saturated heterocycles. The average molecular weight is 885 g/mol. The number of benzene rings is 3. The second-order valence-electron chi connectivity index (χ2n) is 16.3. The largest absolute Gasteiger partial charge is 0.388 e. The number of carbonyl (C=O) groups is 4. The number of nitrogens with zero attached hydrogens (tertiary/aromatic N) is 5. The zero-order valence-electron chi connectivity index (χ0n) is 33.8. The molecule has 0 unspecified atom stereocenters. The van der Waals surface area contributed by atoms with Crippen molar-refractivity contribution in [3.8, 4) is 11.1 Å². The van der Waals surface area contributed by atoms with Crippen LogP contribution in [0.5, 0.6) is 0 Å². The van der Waals surface area contributed by atoms with E-state index in [1.54, 1.807) is 24.4 Å². The molecule has 5 aromatic rings. The predicted molar refractivity (Wildman–Crippen MR) is 226 cm³/mol. The number of ketones is 1. The van der Waals surface area contributed by atoms with Crippen LogP contribution in [0.3, 0.4) is 0 Å². The van der Waals surface area contributed by atoms with Gasteiger partial charge in [0, 0.05) is 98.9 Å². The van der Waals surface area contributed by atoms with Crippen molar-refractivity contribution in [2.45, 2.75) is 50.5 Å². The molecule has 19 heteroatoms. The quantitative estimate of drug-likeness (QED) is 0.103. The molecule has 0 bridgehead atoms. The monoisotopic (exact) mass is 884 g/mol. The second kappa shape index (κ2) is 16.9. The van der Waals surface area contributed by atoms with Gasteiger partial charge < -0.3 is 19.9 Å². The number of H-pyrrole nitrogens is 1. The number of hydrogen-bond acceptors (Lipinski definition) is 10. The molecule has 4 aliphatic rings. The number of aromatic nitrogens is 2. The van der Waals surface area contributed by atoms with E-state index in [1.807, 2.05) is 35.1 Å². The van der Waals surface area contributed by atoms with Gasteiger partial charge in [-0.25, -0.2) is 18.2 Å². The first-order valence-electron chi connectivity index (χ1n) is 20.7. The van der Waals surface area contributed by atoms with Gasteiger partial charge in [0.25, 0.3) is 5.91 Å². The Morgan fingerprint density at radius 2 is 1.73 bits per heavy atom. The lowest BCUT2D eigenvalue weighted by Gasteiger charge is -2.36. The van der Waals surface area contributed by atoms with Crippen LogP contribution < -0.4 is 14.9 Å². The molecule has 3 amide bonds. The number of nitrogens with one attached hydrogen (secondary N) is 3. The third-order valence-electron chi connectivity index (χ3n) is 12.4. The normalized spacial score (nSPS) is 20.3. The Hall–Kier alpha value is -6.15. The minimum absolute atomic E-state index is 0.00553. The molecule has 0 spiro atoms. The summed E-state index contributed by atoms with van der Waals surface area (Å²) >= 11 is 0. The fourth-order valence-electron chi connectivity index (χ4n) is 8.80. The summed E-state index contributed by atoms with van der Waals surface area (Å²) < 4.78 is 73.0. The van der Waals surface area contributed by atoms with Gasteiger partial charge in [-0.15, -0.1) is 0 Å². The van der Waals surface area contributed by atoms with Gasteiger partial charge in [-0.05, 0) is 72.4 Å². The number of imide groups is 1. The SMILES string of the molecule is O=C1CC[C@H](N2Cc3cc([C@H](O)CCN4CCN(c5ccc(-c6cnc7[nH]cc(C(=O)c8c(F)ccc(NS(=O)(=O)N9CC[C@@H](F)C9)c8F)c7c6)cc5)CC4)ccc3C2=O)C(=O)N1. The van der Waals surface area contributed by atoms with E-state index in [0.29, 0.717) is 40.7 Å². The highest BCUT2D eigenvalue weighted by Crippen LogP contribution is 2.33. The van der Waals surface area contributed by atoms with E-state index in [4.69, 9.17) is 0 Å². The van der Waals surface area contributed by atoms with Gasteiger partial charge in [-0.2, -0.15) is 12.7 Å². The number of anilines is 2. The smallest absolute Gasteiger partial charge is 0.301 e. The van der Waals surface area contributed by atoms with Gasteiger partial charge in [0.15, 0.2) is 5.82 Å². The van der Waals surface area contributed by atoms with Crippen molar-refractivity contribution in [3.05, 3.63) is 113 Å². The topological polar surface area (TPSA) is 188 Å². The summed E-state index contributed by atoms with van der Waals surface area (Å²) in [6.45, 7) is 3.45. The average Bonchev–Trinajstić information content (AvgIpc) is 4.00. The Morgan fingerprint density at radius 3 is 2.46 bits per heavy atom. The maximum Gasteiger partial charge on any atom is 0.301 e. The van der Waals surface area contributed by atoms with Gasteiger partial charge in [0.05, 0.1) is 17.4 Å². The fourth-order valence-corrected chi connectivity index (χ4v) is 10.1. The van der Waals surface area contributed by atoms with Crippen molar-refractivity contribution in [1.29, 1.82) is 0 Å². The van der Waals surface area contributed by atoms with Gasteiger partial charge in [-0.1, -0.05) is 24.3 Å². The molecular formula is C44H43F3N8O7S. The van der Waals surface area contributed by atoms with Crippen LogP contribution in [0.1, 0.15) is 69.2 Å². The lowest BCUT2D eigenvalue weighted by atomic mass is 9.99. The Kier molecular flexibility index (Phi) is 11.3. The first kappa shape index (κ1) is 42.2. The highest BCUT2D eigenvalue weighted by atomic mass is 32.2. The van der Waals surface area contributed by atoms with Crippen LogP contribution >= 0.6 is 0 Å². The van der Waals surface area contributed by atoms with Gasteiger partial charge in [0.2, 0.25) is 17.6 Å². The van der Waals surface area contributed by atoms with Crippen LogP contribution in [0.25, 0.3) is 22.2 Å². The molecule has 0 aliphatic carbocycles. The number of carbonyl (C=O) groups excluding carboxylic acids is 4. The summed E-state index contributed by atoms with van der Waals surface area (Å²) in [6, 6.07) is 15.7. The van der Waals surface area contributed by atoms with Crippen LogP contribution in [-0.2, 0) is 26.3 Å². The zero-order valence-corrected chi connectivity index (χ0v) is 34.6. The third-order valence-corrected chi connectivity index (χ3v) is 13.8. The fraction of sp³-hybridized carbons (Fsp3) is 0.341. The standard InChI is InChI=1S/C44H43F3N8O7S/c45-29-11-14-54(24-29)63(61,62)51-35-8-7-34(46)39(40(35)47)41(58)33-22-49-42-32(33)20-27(21-48-42)25-1-4-30(5-2-25)53-17-15-52(16-18-53)13-12-37(56)26-3-6-31-28(19-26)23-55(44(31)60)36-9-10-38(57)50-43(36)59/h1-8,19-22,29,36-37,51,56H,9-18,23-24H2,(H,48,49)(H,50,57,59)/t29-,36+,37-/m1/s1. The molecule has 15 nitrogen and oxygen atoms in total. The first-order chi connectivity index (χ1) is 30.2. The number of halogens is 3. The molecule has 9 rings (SSSR count). The molecule has 0 saturated carbocycles. The Bertz CT molecular complexity index is 2760. The number of aliphatic hydroxyl groups excluding tert-OH is 1. The summed E-state index contributed by atoms with van der Waals surface area (Å²) in [4.78, 5) is 64.1. The minimum Gasteiger partial charge on any atom is -0.388 e. The molecule has 0 radical (unpaired) electrons. The number of hydrogen-bond donors (Lipinski definition) is 4. The minimum atomic E-state index is -4.37. The summed E-state index contributed by atoms with van der Waals surface area (Å²) in [6.07, 6.45) is 1.76. The molecule has 3 atom stereocenters. The van der Waals surface area contributed by atoms with E-state index in [1.165, 1.54) is 11.1 Å². The van der Waals surface area contributed by atoms with Crippen molar-refractivity contribution < 1.29 is 45.9 Å². The number of aliphatic hydroxyl groups is 1. The van der Waals surface area contributed by atoms with Crippen LogP contribution in [0.2, 0.25) is 0 Å². The summed E-state index contributed by atoms with van der Waals surface area (Å²) in [7, 11) is -4.37. The van der Waals surface area contributed by atoms with E-state index in [-0.39, 0.29) is 49.7 Å². The number of amides is 3. The molecule has 3 aromatic carbocycles. The molecule has 4 N–H and O–H groups in total. The number of aromatic amines is 1. The highest BCUT2D eigenvalue weighted by Gasteiger charge is 2.39. The number of pyridine rings is 1. The van der Waals surface area contributed by atoms with Crippen molar-refractivity contribution in [2.24, 2.45) is 0 Å². The Morgan fingerprint density at radius 1 is 0.952 bits per heavy atom. The Balaban J connectivity index is 0.807. The van der Waals surface area contributed by atoms with Crippen molar-refractivity contribution >= 4 is 56.1 Å². The Labute approximate surface area is 360 Å². The second-order valence-corrected chi connectivity index (χ2v) is 18.0. The molecule has 328 valence electrons. The van der Waals surface area contributed by atoms with Crippen LogP contribution in [-0.4, -0.2) is 119 Å². The van der Waals surface area contributed by atoms with Crippen molar-refractivity contribution in [1.82, 2.24) is 29.4 Å². The number of rotatable bonds is 12. The maximum absolute atomic E-state index is 15.7. The van der Waals surface area contributed by atoms with Gasteiger partial charge >= 0.3 is 10.2 Å². The molecule has 4 aliphatic heterocycles. The molecular weight excluding hydrogens is 842 g/mol. The molecule has 6 heterocycles. The summed E-state index contributed by atoms with van der Waals surface area (Å²) in [5.74, 6) is -4.67. The van der Waals surface area contributed by atoms with E-state index >= 15 is 8.78 Å². The van der Waals surface area contributed by atoms with Gasteiger partial charge in [0.1, 0.15) is 23.7 Å². The maximum atomic E-state index is 15.7. The lowest BCUT2D eigenvalue weighted by Crippen LogP contribution is -2.52. The molecule has 3 fully saturated rings. The zero-order chi connectivity index (χ0) is 44.2. The first-order valence-corrected chi connectivity index (χ1v) is 22.1. The molecule has 2 aromatic heterocycles. The van der Waals surface area contributed by atoms with Crippen LogP contribution in [0.15, 0.2) is 73.1 Å². The number of alkyl halides is 1. The van der Waals surface area contributed by atoms with E-state index in [9.17, 15) is 37.1 Å². The van der Waals surface area contributed by atoms with Crippen molar-refractivity contribution in [2.75, 3.05) is 55.4 Å². The predicted octanol–water partition coefficient (Wildman–Crippen LogP) is 4.45. The van der Waals surface area contributed by atoms with Crippen molar-refractivity contribution in [3.63, 3.8) is 0 Å². The number of piperazine rings is 1.